The molecule has 0 aromatic carbocycles. The molecule has 2 heterocycles. The highest BCUT2D eigenvalue weighted by atomic mass is 35.7. The third-order valence-electron chi connectivity index (χ3n) is 2.95. The molecular weight excluding hydrogens is 314 g/mol. The van der Waals surface area contributed by atoms with E-state index in [2.05, 4.69) is 28.9 Å². The van der Waals surface area contributed by atoms with Crippen molar-refractivity contribution in [2.75, 3.05) is 0 Å². The Morgan fingerprint density at radius 3 is 2.62 bits per heavy atom. The Balaban J connectivity index is 2.31. The molecule has 0 amide bonds. The number of hydrogen-bond donors (Lipinski definition) is 0. The Morgan fingerprint density at radius 1 is 1.33 bits per heavy atom. The van der Waals surface area contributed by atoms with E-state index in [0.29, 0.717) is 24.7 Å². The third-order valence-corrected chi connectivity index (χ3v) is 4.12. The molecule has 2 aromatic heterocycles. The summed E-state index contributed by atoms with van der Waals surface area (Å²) in [6.45, 7) is 7.26. The first-order valence-corrected chi connectivity index (χ1v) is 8.99. The number of rotatable bonds is 6. The van der Waals surface area contributed by atoms with Crippen LogP contribution in [0.4, 0.5) is 0 Å². The first-order valence-electron chi connectivity index (χ1n) is 6.68. The largest absolute Gasteiger partial charge is 0.326 e. The highest BCUT2D eigenvalue weighted by Gasteiger charge is 2.18. The van der Waals surface area contributed by atoms with Gasteiger partial charge in [-0.15, -0.1) is 0 Å². The number of aryl methyl sites for hydroxylation is 1. The Kier molecular flexibility index (Phi) is 4.67. The van der Waals surface area contributed by atoms with Gasteiger partial charge in [0.15, 0.2) is 5.03 Å². The molecular formula is C12H18ClN5O2S. The first-order chi connectivity index (χ1) is 9.81. The summed E-state index contributed by atoms with van der Waals surface area (Å²) in [7, 11) is 1.52. The van der Waals surface area contributed by atoms with E-state index in [1.165, 1.54) is 12.5 Å². The molecule has 2 aromatic rings. The van der Waals surface area contributed by atoms with Crippen molar-refractivity contribution < 1.29 is 8.42 Å². The van der Waals surface area contributed by atoms with Crippen molar-refractivity contribution in [1.82, 2.24) is 24.3 Å². The van der Waals surface area contributed by atoms with Crippen molar-refractivity contribution in [3.63, 3.8) is 0 Å². The van der Waals surface area contributed by atoms with Gasteiger partial charge in [-0.05, 0) is 5.92 Å². The molecule has 0 aliphatic carbocycles. The highest BCUT2D eigenvalue weighted by Crippen LogP contribution is 2.16. The van der Waals surface area contributed by atoms with Crippen LogP contribution in [0.25, 0.3) is 0 Å². The molecule has 0 spiro atoms. The van der Waals surface area contributed by atoms with Gasteiger partial charge in [0.25, 0.3) is 9.05 Å². The zero-order chi connectivity index (χ0) is 15.6. The van der Waals surface area contributed by atoms with E-state index in [1.54, 1.807) is 4.57 Å². The lowest BCUT2D eigenvalue weighted by Crippen LogP contribution is -2.14. The maximum atomic E-state index is 11.4. The highest BCUT2D eigenvalue weighted by molar-refractivity contribution is 8.13. The molecule has 9 heteroatoms. The van der Waals surface area contributed by atoms with Crippen LogP contribution in [0.1, 0.15) is 32.4 Å². The second kappa shape index (κ2) is 6.15. The number of imidazole rings is 1. The smallest absolute Gasteiger partial charge is 0.280 e. The summed E-state index contributed by atoms with van der Waals surface area (Å²) in [5.41, 5.74) is 0. The quantitative estimate of drug-likeness (QED) is 0.752. The standard InChI is InChI=1S/C12H18ClN5O2S/c1-4-10-16-12(21(13,19)20)7-17(10)6-11-14-8-15-18(11)5-9(2)3/h7-9H,4-6H2,1-3H3. The van der Waals surface area contributed by atoms with Crippen LogP contribution in [-0.2, 0) is 28.6 Å². The lowest BCUT2D eigenvalue weighted by atomic mass is 10.2. The first kappa shape index (κ1) is 16.0. The van der Waals surface area contributed by atoms with Gasteiger partial charge in [-0.2, -0.15) is 5.10 Å². The molecule has 0 N–H and O–H groups in total. The topological polar surface area (TPSA) is 82.7 Å². The molecule has 0 radical (unpaired) electrons. The van der Waals surface area contributed by atoms with E-state index in [1.807, 2.05) is 11.6 Å². The van der Waals surface area contributed by atoms with Crippen molar-refractivity contribution in [2.45, 2.75) is 45.3 Å². The van der Waals surface area contributed by atoms with Crippen molar-refractivity contribution in [2.24, 2.45) is 5.92 Å². The Hall–Kier alpha value is -1.41. The van der Waals surface area contributed by atoms with Gasteiger partial charge in [0.2, 0.25) is 0 Å². The molecule has 0 saturated carbocycles. The summed E-state index contributed by atoms with van der Waals surface area (Å²) >= 11 is 0. The fraction of sp³-hybridized carbons (Fsp3) is 0.583. The van der Waals surface area contributed by atoms with Crippen molar-refractivity contribution in [1.29, 1.82) is 0 Å². The molecule has 7 nitrogen and oxygen atoms in total. The summed E-state index contributed by atoms with van der Waals surface area (Å²) in [5, 5.41) is 4.06. The second-order valence-electron chi connectivity index (χ2n) is 5.17. The molecule has 21 heavy (non-hydrogen) atoms. The minimum absolute atomic E-state index is 0.129. The van der Waals surface area contributed by atoms with E-state index < -0.39 is 9.05 Å². The van der Waals surface area contributed by atoms with Crippen molar-refractivity contribution >= 4 is 19.7 Å². The maximum absolute atomic E-state index is 11.4. The summed E-state index contributed by atoms with van der Waals surface area (Å²) in [5.74, 6) is 1.85. The fourth-order valence-electron chi connectivity index (χ4n) is 2.03. The normalized spacial score (nSPS) is 12.2. The van der Waals surface area contributed by atoms with Gasteiger partial charge < -0.3 is 4.57 Å². The van der Waals surface area contributed by atoms with Crippen LogP contribution in [0.15, 0.2) is 17.6 Å². The van der Waals surface area contributed by atoms with E-state index in [9.17, 15) is 8.42 Å². The second-order valence-corrected chi connectivity index (χ2v) is 7.68. The molecule has 0 atom stereocenters. The Labute approximate surface area is 128 Å². The van der Waals surface area contributed by atoms with Crippen LogP contribution in [0.3, 0.4) is 0 Å². The zero-order valence-electron chi connectivity index (χ0n) is 12.2. The fourth-order valence-corrected chi connectivity index (χ4v) is 2.72. The number of nitrogens with zero attached hydrogens (tertiary/aromatic N) is 5. The van der Waals surface area contributed by atoms with E-state index >= 15 is 0 Å². The third kappa shape index (κ3) is 3.82. The molecule has 116 valence electrons. The summed E-state index contributed by atoms with van der Waals surface area (Å²) in [6, 6.07) is 0. The van der Waals surface area contributed by atoms with Crippen LogP contribution in [0, 0.1) is 5.92 Å². The molecule has 0 aliphatic rings. The molecule has 2 rings (SSSR count). The SMILES string of the molecule is CCc1nc(S(=O)(=O)Cl)cn1Cc1ncnn1CC(C)C. The Bertz CT molecular complexity index is 720. The van der Waals surface area contributed by atoms with E-state index in [4.69, 9.17) is 10.7 Å². The van der Waals surface area contributed by atoms with Crippen LogP contribution in [0.2, 0.25) is 0 Å². The van der Waals surface area contributed by atoms with Crippen LogP contribution >= 0.6 is 10.7 Å². The van der Waals surface area contributed by atoms with E-state index in [-0.39, 0.29) is 5.03 Å². The molecule has 0 aliphatic heterocycles. The average Bonchev–Trinajstić information content (AvgIpc) is 2.96. The van der Waals surface area contributed by atoms with Crippen molar-refractivity contribution in [3.8, 4) is 0 Å². The van der Waals surface area contributed by atoms with Crippen LogP contribution in [0.5, 0.6) is 0 Å². The number of halogens is 1. The maximum Gasteiger partial charge on any atom is 0.280 e. The van der Waals surface area contributed by atoms with Gasteiger partial charge in [-0.3, -0.25) is 0 Å². The lowest BCUT2D eigenvalue weighted by Gasteiger charge is -2.10. The monoisotopic (exact) mass is 331 g/mol. The average molecular weight is 332 g/mol. The van der Waals surface area contributed by atoms with Crippen molar-refractivity contribution in [3.05, 3.63) is 24.2 Å². The molecule has 0 saturated heterocycles. The minimum atomic E-state index is -3.83. The van der Waals surface area contributed by atoms with Gasteiger partial charge >= 0.3 is 0 Å². The van der Waals surface area contributed by atoms with Gasteiger partial charge in [-0.1, -0.05) is 20.8 Å². The summed E-state index contributed by atoms with van der Waals surface area (Å²) in [6.07, 6.45) is 3.54. The van der Waals surface area contributed by atoms with Crippen LogP contribution in [-0.4, -0.2) is 32.7 Å². The van der Waals surface area contributed by atoms with Gasteiger partial charge in [0.05, 0.1) is 6.54 Å². The van der Waals surface area contributed by atoms with Gasteiger partial charge in [0.1, 0.15) is 18.0 Å². The summed E-state index contributed by atoms with van der Waals surface area (Å²) in [4.78, 5) is 8.29. The zero-order valence-corrected chi connectivity index (χ0v) is 13.8. The predicted molar refractivity (Wildman–Crippen MR) is 78.6 cm³/mol. The van der Waals surface area contributed by atoms with E-state index in [0.717, 1.165) is 12.4 Å². The minimum Gasteiger partial charge on any atom is -0.326 e. The predicted octanol–water partition coefficient (Wildman–Crippen LogP) is 1.67. The lowest BCUT2D eigenvalue weighted by molar-refractivity contribution is 0.459. The molecule has 0 unspecified atom stereocenters. The summed E-state index contributed by atoms with van der Waals surface area (Å²) < 4.78 is 26.3. The van der Waals surface area contributed by atoms with Gasteiger partial charge in [-0.25, -0.2) is 23.1 Å². The number of aromatic nitrogens is 5. The van der Waals surface area contributed by atoms with Crippen LogP contribution < -0.4 is 0 Å². The number of hydrogen-bond acceptors (Lipinski definition) is 5. The van der Waals surface area contributed by atoms with Gasteiger partial charge in [0, 0.05) is 29.8 Å². The molecule has 0 fully saturated rings. The Morgan fingerprint density at radius 2 is 2.05 bits per heavy atom. The molecule has 0 bridgehead atoms.